The van der Waals surface area contributed by atoms with Crippen LogP contribution in [-0.2, 0) is 6.42 Å². The van der Waals surface area contributed by atoms with Gasteiger partial charge in [-0.3, -0.25) is 4.98 Å². The molecule has 2 aromatic heterocycles. The summed E-state index contributed by atoms with van der Waals surface area (Å²) in [4.78, 5) is 4.26. The molecule has 7 nitrogen and oxygen atoms in total. The SMILES string of the molecule is Oc1c(-c2nnc(N[C@H]3CC[C@@H](O)CC3)c3cnccc23)ccc2c1CCO2. The predicted molar refractivity (Wildman–Crippen MR) is 106 cm³/mol. The lowest BCUT2D eigenvalue weighted by atomic mass is 9.93. The minimum atomic E-state index is -0.198. The van der Waals surface area contributed by atoms with E-state index in [2.05, 4.69) is 20.5 Å². The number of benzene rings is 1. The largest absolute Gasteiger partial charge is 0.507 e. The van der Waals surface area contributed by atoms with Crippen molar-refractivity contribution >= 4 is 16.6 Å². The van der Waals surface area contributed by atoms with Crippen LogP contribution >= 0.6 is 0 Å². The Morgan fingerprint density at radius 3 is 2.75 bits per heavy atom. The third-order valence-corrected chi connectivity index (χ3v) is 5.72. The average Bonchev–Trinajstić information content (AvgIpc) is 3.20. The Morgan fingerprint density at radius 2 is 1.89 bits per heavy atom. The molecule has 0 bridgehead atoms. The summed E-state index contributed by atoms with van der Waals surface area (Å²) in [7, 11) is 0. The van der Waals surface area contributed by atoms with E-state index >= 15 is 0 Å². The summed E-state index contributed by atoms with van der Waals surface area (Å²) < 4.78 is 5.54. The van der Waals surface area contributed by atoms with Gasteiger partial charge in [0.05, 0.1) is 12.7 Å². The van der Waals surface area contributed by atoms with Gasteiger partial charge in [0.25, 0.3) is 0 Å². The van der Waals surface area contributed by atoms with Crippen molar-refractivity contribution in [2.75, 3.05) is 11.9 Å². The molecule has 1 aromatic carbocycles. The number of rotatable bonds is 3. The van der Waals surface area contributed by atoms with Gasteiger partial charge < -0.3 is 20.3 Å². The average molecular weight is 378 g/mol. The molecule has 3 N–H and O–H groups in total. The molecule has 7 heteroatoms. The number of fused-ring (bicyclic) bond motifs is 2. The van der Waals surface area contributed by atoms with Crippen LogP contribution < -0.4 is 10.1 Å². The van der Waals surface area contributed by atoms with Crippen LogP contribution in [0.5, 0.6) is 11.5 Å². The van der Waals surface area contributed by atoms with Crippen LogP contribution in [0, 0.1) is 0 Å². The number of pyridine rings is 1. The number of phenolic OH excluding ortho intramolecular Hbond substituents is 1. The quantitative estimate of drug-likeness (QED) is 0.644. The van der Waals surface area contributed by atoms with Crippen molar-refractivity contribution in [1.82, 2.24) is 15.2 Å². The number of phenols is 1. The van der Waals surface area contributed by atoms with Crippen LogP contribution in [0.2, 0.25) is 0 Å². The number of nitrogens with one attached hydrogen (secondary N) is 1. The second-order valence-electron chi connectivity index (χ2n) is 7.51. The molecule has 144 valence electrons. The topological polar surface area (TPSA) is 100 Å². The lowest BCUT2D eigenvalue weighted by molar-refractivity contribution is 0.126. The van der Waals surface area contributed by atoms with Crippen molar-refractivity contribution in [3.8, 4) is 22.8 Å². The molecule has 2 aliphatic rings. The Labute approximate surface area is 162 Å². The number of ether oxygens (including phenoxy) is 1. The smallest absolute Gasteiger partial charge is 0.158 e. The minimum Gasteiger partial charge on any atom is -0.507 e. The van der Waals surface area contributed by atoms with Crippen molar-refractivity contribution in [1.29, 1.82) is 0 Å². The molecule has 1 saturated carbocycles. The highest BCUT2D eigenvalue weighted by Gasteiger charge is 2.24. The van der Waals surface area contributed by atoms with Crippen LogP contribution in [0.15, 0.2) is 30.6 Å². The molecule has 0 radical (unpaired) electrons. The fraction of sp³-hybridized carbons (Fsp3) is 0.381. The summed E-state index contributed by atoms with van der Waals surface area (Å²) in [5.41, 5.74) is 2.11. The van der Waals surface area contributed by atoms with Crippen LogP contribution in [0.3, 0.4) is 0 Å². The molecule has 1 fully saturated rings. The maximum absolute atomic E-state index is 10.8. The van der Waals surface area contributed by atoms with E-state index in [1.165, 1.54) is 0 Å². The molecule has 0 spiro atoms. The zero-order valence-electron chi connectivity index (χ0n) is 15.4. The lowest BCUT2D eigenvalue weighted by Gasteiger charge is -2.26. The Kier molecular flexibility index (Phi) is 4.24. The molecule has 1 aliphatic heterocycles. The maximum atomic E-state index is 10.8. The highest BCUT2D eigenvalue weighted by molar-refractivity contribution is 6.00. The molecule has 28 heavy (non-hydrogen) atoms. The number of aromatic hydroxyl groups is 1. The number of nitrogens with zero attached hydrogens (tertiary/aromatic N) is 3. The first-order chi connectivity index (χ1) is 13.7. The maximum Gasteiger partial charge on any atom is 0.158 e. The van der Waals surface area contributed by atoms with Crippen molar-refractivity contribution in [3.05, 3.63) is 36.2 Å². The summed E-state index contributed by atoms with van der Waals surface area (Å²) in [6, 6.07) is 5.88. The highest BCUT2D eigenvalue weighted by atomic mass is 16.5. The van der Waals surface area contributed by atoms with E-state index in [1.807, 2.05) is 18.2 Å². The summed E-state index contributed by atoms with van der Waals surface area (Å²) in [5, 5.41) is 34.6. The molecule has 1 aliphatic carbocycles. The summed E-state index contributed by atoms with van der Waals surface area (Å²) in [6.07, 6.45) is 7.39. The standard InChI is InChI=1S/C21H22N4O3/c26-13-3-1-12(2-4-13)23-21-17-11-22-9-7-14(17)19(24-25-21)16-5-6-18-15(20(16)27)8-10-28-18/h5-7,9,11-13,26-27H,1-4,8,10H2,(H,23,25)/t12-,13+. The van der Waals surface area contributed by atoms with Gasteiger partial charge in [0.15, 0.2) is 5.82 Å². The molecular formula is C21H22N4O3. The predicted octanol–water partition coefficient (Wildman–Crippen LogP) is 3.05. The zero-order chi connectivity index (χ0) is 19.1. The summed E-state index contributed by atoms with van der Waals surface area (Å²) in [5.74, 6) is 1.64. The van der Waals surface area contributed by atoms with E-state index in [1.54, 1.807) is 12.4 Å². The molecule has 3 aromatic rings. The number of hydrogen-bond acceptors (Lipinski definition) is 7. The Morgan fingerprint density at radius 1 is 1.04 bits per heavy atom. The Bertz CT molecular complexity index is 1030. The van der Waals surface area contributed by atoms with Gasteiger partial charge in [0.2, 0.25) is 0 Å². The third-order valence-electron chi connectivity index (χ3n) is 5.72. The van der Waals surface area contributed by atoms with Crippen molar-refractivity contribution < 1.29 is 14.9 Å². The molecule has 0 saturated heterocycles. The van der Waals surface area contributed by atoms with Gasteiger partial charge in [-0.25, -0.2) is 0 Å². The normalized spacial score (nSPS) is 21.3. The zero-order valence-corrected chi connectivity index (χ0v) is 15.4. The third kappa shape index (κ3) is 2.92. The van der Waals surface area contributed by atoms with E-state index in [-0.39, 0.29) is 17.9 Å². The first-order valence-electron chi connectivity index (χ1n) is 9.73. The van der Waals surface area contributed by atoms with Crippen molar-refractivity contribution in [2.24, 2.45) is 0 Å². The highest BCUT2D eigenvalue weighted by Crippen LogP contribution is 2.42. The van der Waals surface area contributed by atoms with Gasteiger partial charge in [-0.05, 0) is 43.9 Å². The number of anilines is 1. The van der Waals surface area contributed by atoms with Gasteiger partial charge >= 0.3 is 0 Å². The Hall–Kier alpha value is -2.93. The van der Waals surface area contributed by atoms with Crippen LogP contribution in [0.1, 0.15) is 31.2 Å². The van der Waals surface area contributed by atoms with Crippen molar-refractivity contribution in [3.63, 3.8) is 0 Å². The van der Waals surface area contributed by atoms with E-state index in [0.29, 0.717) is 30.1 Å². The van der Waals surface area contributed by atoms with E-state index in [0.717, 1.165) is 47.8 Å². The monoisotopic (exact) mass is 378 g/mol. The Balaban J connectivity index is 1.55. The molecule has 0 atom stereocenters. The van der Waals surface area contributed by atoms with Gasteiger partial charge in [0, 0.05) is 46.8 Å². The summed E-state index contributed by atoms with van der Waals surface area (Å²) in [6.45, 7) is 0.585. The second kappa shape index (κ2) is 6.91. The van der Waals surface area contributed by atoms with E-state index in [9.17, 15) is 10.2 Å². The lowest BCUT2D eigenvalue weighted by Crippen LogP contribution is -2.28. The number of aromatic nitrogens is 3. The fourth-order valence-electron chi connectivity index (χ4n) is 4.17. The fourth-order valence-corrected chi connectivity index (χ4v) is 4.17. The molecule has 0 amide bonds. The summed E-state index contributed by atoms with van der Waals surface area (Å²) >= 11 is 0. The van der Waals surface area contributed by atoms with Crippen molar-refractivity contribution in [2.45, 2.75) is 44.2 Å². The van der Waals surface area contributed by atoms with Crippen LogP contribution in [0.25, 0.3) is 22.0 Å². The van der Waals surface area contributed by atoms with E-state index in [4.69, 9.17) is 4.74 Å². The minimum absolute atomic E-state index is 0.198. The number of aliphatic hydroxyl groups is 1. The van der Waals surface area contributed by atoms with E-state index < -0.39 is 0 Å². The number of hydrogen-bond donors (Lipinski definition) is 3. The van der Waals surface area contributed by atoms with Gasteiger partial charge in [0.1, 0.15) is 17.2 Å². The van der Waals surface area contributed by atoms with Gasteiger partial charge in [-0.2, -0.15) is 0 Å². The molecular weight excluding hydrogens is 356 g/mol. The molecule has 3 heterocycles. The number of aliphatic hydroxyl groups excluding tert-OH is 1. The second-order valence-corrected chi connectivity index (χ2v) is 7.51. The first-order valence-corrected chi connectivity index (χ1v) is 9.73. The van der Waals surface area contributed by atoms with Crippen LogP contribution in [0.4, 0.5) is 5.82 Å². The van der Waals surface area contributed by atoms with Gasteiger partial charge in [-0.15, -0.1) is 10.2 Å². The van der Waals surface area contributed by atoms with Gasteiger partial charge in [-0.1, -0.05) is 0 Å². The molecule has 5 rings (SSSR count). The first kappa shape index (κ1) is 17.2. The molecule has 0 unspecified atom stereocenters. The van der Waals surface area contributed by atoms with Crippen LogP contribution in [-0.4, -0.2) is 44.1 Å².